The highest BCUT2D eigenvalue weighted by Gasteiger charge is 2.08. The van der Waals surface area contributed by atoms with E-state index in [-0.39, 0.29) is 11.6 Å². The predicted octanol–water partition coefficient (Wildman–Crippen LogP) is 1.42. The molecular weight excluding hydrogens is 258 g/mol. The van der Waals surface area contributed by atoms with E-state index in [1.165, 1.54) is 7.11 Å². The normalized spacial score (nSPS) is 9.90. The van der Waals surface area contributed by atoms with Gasteiger partial charge in [0.1, 0.15) is 5.75 Å². The number of methoxy groups -OCH3 is 2. The number of carbonyl (C=O) groups excluding carboxylic acids is 1. The van der Waals surface area contributed by atoms with Crippen molar-refractivity contribution in [3.63, 3.8) is 0 Å². The summed E-state index contributed by atoms with van der Waals surface area (Å²) in [7, 11) is 3.10. The van der Waals surface area contributed by atoms with Crippen LogP contribution in [0.5, 0.6) is 11.6 Å². The van der Waals surface area contributed by atoms with Crippen molar-refractivity contribution in [3.8, 4) is 11.6 Å². The van der Waals surface area contributed by atoms with Gasteiger partial charge in [-0.15, -0.1) is 10.2 Å². The minimum Gasteiger partial charge on any atom is -0.497 e. The molecule has 1 aromatic heterocycles. The Morgan fingerprint density at radius 3 is 2.35 bits per heavy atom. The standard InChI is InChI=1S/C14H15N3O3/c1-19-11-5-3-10(4-6-11)9-15-14(18)12-7-8-13(20-2)17-16-12/h3-8H,9H2,1-2H3,(H,15,18). The van der Waals surface area contributed by atoms with Crippen LogP contribution in [-0.2, 0) is 6.54 Å². The van der Waals surface area contributed by atoms with Crippen LogP contribution >= 0.6 is 0 Å². The molecule has 0 saturated carbocycles. The summed E-state index contributed by atoms with van der Waals surface area (Å²) >= 11 is 0. The van der Waals surface area contributed by atoms with Crippen molar-refractivity contribution in [2.75, 3.05) is 14.2 Å². The highest BCUT2D eigenvalue weighted by atomic mass is 16.5. The van der Waals surface area contributed by atoms with Crippen LogP contribution in [0.2, 0.25) is 0 Å². The van der Waals surface area contributed by atoms with E-state index in [0.717, 1.165) is 11.3 Å². The molecular formula is C14H15N3O3. The first-order valence-electron chi connectivity index (χ1n) is 6.02. The molecule has 104 valence electrons. The molecule has 2 rings (SSSR count). The Balaban J connectivity index is 1.93. The molecule has 1 amide bonds. The molecule has 0 fully saturated rings. The number of carbonyl (C=O) groups is 1. The monoisotopic (exact) mass is 273 g/mol. The van der Waals surface area contributed by atoms with E-state index in [2.05, 4.69) is 15.5 Å². The van der Waals surface area contributed by atoms with E-state index in [1.54, 1.807) is 19.2 Å². The Bertz CT molecular complexity index is 567. The fourth-order valence-electron chi connectivity index (χ4n) is 1.57. The van der Waals surface area contributed by atoms with Crippen molar-refractivity contribution >= 4 is 5.91 Å². The summed E-state index contributed by atoms with van der Waals surface area (Å²) < 4.78 is 9.95. The number of aromatic nitrogens is 2. The number of nitrogens with one attached hydrogen (secondary N) is 1. The van der Waals surface area contributed by atoms with Gasteiger partial charge in [0.25, 0.3) is 5.91 Å². The first-order valence-corrected chi connectivity index (χ1v) is 6.02. The second-order valence-corrected chi connectivity index (χ2v) is 3.99. The molecule has 0 unspecified atom stereocenters. The molecule has 0 saturated heterocycles. The fourth-order valence-corrected chi connectivity index (χ4v) is 1.57. The molecule has 0 radical (unpaired) electrons. The second kappa shape index (κ2) is 6.51. The number of rotatable bonds is 5. The van der Waals surface area contributed by atoms with Gasteiger partial charge in [-0.2, -0.15) is 0 Å². The van der Waals surface area contributed by atoms with Gasteiger partial charge in [-0.25, -0.2) is 0 Å². The van der Waals surface area contributed by atoms with Crippen LogP contribution in [0.15, 0.2) is 36.4 Å². The van der Waals surface area contributed by atoms with Gasteiger partial charge in [0.15, 0.2) is 5.69 Å². The van der Waals surface area contributed by atoms with Gasteiger partial charge in [-0.05, 0) is 23.8 Å². The van der Waals surface area contributed by atoms with Crippen LogP contribution in [0.1, 0.15) is 16.1 Å². The third-order valence-electron chi connectivity index (χ3n) is 2.69. The lowest BCUT2D eigenvalue weighted by Crippen LogP contribution is -2.24. The van der Waals surface area contributed by atoms with Crippen LogP contribution < -0.4 is 14.8 Å². The SMILES string of the molecule is COc1ccc(CNC(=O)c2ccc(OC)nn2)cc1. The zero-order valence-electron chi connectivity index (χ0n) is 11.3. The average molecular weight is 273 g/mol. The first kappa shape index (κ1) is 13.8. The summed E-state index contributed by atoms with van der Waals surface area (Å²) in [4.78, 5) is 11.9. The number of ether oxygens (including phenoxy) is 2. The summed E-state index contributed by atoms with van der Waals surface area (Å²) in [6.07, 6.45) is 0. The summed E-state index contributed by atoms with van der Waals surface area (Å²) in [5, 5.41) is 10.3. The van der Waals surface area contributed by atoms with Gasteiger partial charge in [-0.1, -0.05) is 12.1 Å². The van der Waals surface area contributed by atoms with Gasteiger partial charge in [-0.3, -0.25) is 4.79 Å². The smallest absolute Gasteiger partial charge is 0.272 e. The third-order valence-corrected chi connectivity index (χ3v) is 2.69. The molecule has 6 nitrogen and oxygen atoms in total. The number of nitrogens with zero attached hydrogens (tertiary/aromatic N) is 2. The Labute approximate surface area is 116 Å². The molecule has 0 aliphatic rings. The molecule has 0 spiro atoms. The lowest BCUT2D eigenvalue weighted by atomic mass is 10.2. The summed E-state index contributed by atoms with van der Waals surface area (Å²) in [6, 6.07) is 10.6. The molecule has 0 aliphatic heterocycles. The van der Waals surface area contributed by atoms with Crippen molar-refractivity contribution in [3.05, 3.63) is 47.7 Å². The lowest BCUT2D eigenvalue weighted by Gasteiger charge is -2.06. The molecule has 0 aliphatic carbocycles. The van der Waals surface area contributed by atoms with Crippen LogP contribution in [0.25, 0.3) is 0 Å². The highest BCUT2D eigenvalue weighted by Crippen LogP contribution is 2.11. The summed E-state index contributed by atoms with van der Waals surface area (Å²) in [6.45, 7) is 0.413. The first-order chi connectivity index (χ1) is 9.72. The predicted molar refractivity (Wildman–Crippen MR) is 72.7 cm³/mol. The zero-order valence-corrected chi connectivity index (χ0v) is 11.3. The average Bonchev–Trinajstić information content (AvgIpc) is 2.53. The molecule has 6 heteroatoms. The number of benzene rings is 1. The van der Waals surface area contributed by atoms with Crippen LogP contribution in [0.3, 0.4) is 0 Å². The maximum Gasteiger partial charge on any atom is 0.272 e. The summed E-state index contributed by atoms with van der Waals surface area (Å²) in [5.41, 5.74) is 1.22. The molecule has 2 aromatic rings. The largest absolute Gasteiger partial charge is 0.497 e. The van der Waals surface area contributed by atoms with Crippen molar-refractivity contribution in [2.24, 2.45) is 0 Å². The van der Waals surface area contributed by atoms with Crippen molar-refractivity contribution in [1.29, 1.82) is 0 Å². The number of hydrogen-bond donors (Lipinski definition) is 1. The Kier molecular flexibility index (Phi) is 4.49. The van der Waals surface area contributed by atoms with E-state index in [0.29, 0.717) is 12.4 Å². The zero-order chi connectivity index (χ0) is 14.4. The molecule has 1 aromatic carbocycles. The van der Waals surface area contributed by atoms with E-state index in [4.69, 9.17) is 9.47 Å². The van der Waals surface area contributed by atoms with Gasteiger partial charge in [0.2, 0.25) is 5.88 Å². The molecule has 0 atom stereocenters. The van der Waals surface area contributed by atoms with Gasteiger partial charge in [0.05, 0.1) is 14.2 Å². The topological polar surface area (TPSA) is 73.3 Å². The molecule has 1 N–H and O–H groups in total. The van der Waals surface area contributed by atoms with E-state index in [1.807, 2.05) is 24.3 Å². The maximum absolute atomic E-state index is 11.9. The van der Waals surface area contributed by atoms with Crippen LogP contribution in [-0.4, -0.2) is 30.3 Å². The third kappa shape index (κ3) is 3.44. The van der Waals surface area contributed by atoms with Gasteiger partial charge >= 0.3 is 0 Å². The van der Waals surface area contributed by atoms with E-state index in [9.17, 15) is 4.79 Å². The van der Waals surface area contributed by atoms with Gasteiger partial charge in [0, 0.05) is 12.6 Å². The lowest BCUT2D eigenvalue weighted by molar-refractivity contribution is 0.0944. The molecule has 1 heterocycles. The second-order valence-electron chi connectivity index (χ2n) is 3.99. The van der Waals surface area contributed by atoms with Crippen LogP contribution in [0.4, 0.5) is 0 Å². The molecule has 0 bridgehead atoms. The van der Waals surface area contributed by atoms with E-state index < -0.39 is 0 Å². The van der Waals surface area contributed by atoms with Gasteiger partial charge < -0.3 is 14.8 Å². The van der Waals surface area contributed by atoms with E-state index >= 15 is 0 Å². The maximum atomic E-state index is 11.9. The highest BCUT2D eigenvalue weighted by molar-refractivity contribution is 5.92. The van der Waals surface area contributed by atoms with Crippen molar-refractivity contribution < 1.29 is 14.3 Å². The fraction of sp³-hybridized carbons (Fsp3) is 0.214. The minimum absolute atomic E-state index is 0.249. The minimum atomic E-state index is -0.282. The quantitative estimate of drug-likeness (QED) is 0.892. The summed E-state index contributed by atoms with van der Waals surface area (Å²) in [5.74, 6) is 0.869. The van der Waals surface area contributed by atoms with Crippen LogP contribution in [0, 0.1) is 0 Å². The number of amides is 1. The van der Waals surface area contributed by atoms with Crippen molar-refractivity contribution in [1.82, 2.24) is 15.5 Å². The Morgan fingerprint density at radius 1 is 1.05 bits per heavy atom. The molecule has 20 heavy (non-hydrogen) atoms. The Hall–Kier alpha value is -2.63. The number of hydrogen-bond acceptors (Lipinski definition) is 5. The Morgan fingerprint density at radius 2 is 1.80 bits per heavy atom. The van der Waals surface area contributed by atoms with Crippen molar-refractivity contribution in [2.45, 2.75) is 6.54 Å².